The monoisotopic (exact) mass is 328 g/mol. The summed E-state index contributed by atoms with van der Waals surface area (Å²) in [5.41, 5.74) is 3.67. The highest BCUT2D eigenvalue weighted by Crippen LogP contribution is 2.18. The zero-order chi connectivity index (χ0) is 10.8. The van der Waals surface area contributed by atoms with Gasteiger partial charge < -0.3 is 0 Å². The van der Waals surface area contributed by atoms with Gasteiger partial charge in [-0.15, -0.1) is 0 Å². The van der Waals surface area contributed by atoms with Crippen molar-refractivity contribution in [3.05, 3.63) is 46.2 Å². The minimum atomic E-state index is 0.891. The molecule has 2 rings (SSSR count). The van der Waals surface area contributed by atoms with Crippen LogP contribution in [0.15, 0.2) is 35.1 Å². The number of hydrogen-bond acceptors (Lipinski definition) is 1. The molecule has 0 atom stereocenters. The highest BCUT2D eigenvalue weighted by Gasteiger charge is 2.02. The van der Waals surface area contributed by atoms with Crippen molar-refractivity contribution in [1.82, 2.24) is 9.78 Å². The van der Waals surface area contributed by atoms with Crippen LogP contribution < -0.4 is 0 Å². The first-order valence-electron chi connectivity index (χ1n) is 4.57. The maximum Gasteiger partial charge on any atom is 0.0648 e. The molecule has 0 aliphatic carbocycles. The maximum absolute atomic E-state index is 4.24. The number of nitrogens with zero attached hydrogens (tertiary/aromatic N) is 2. The van der Waals surface area contributed by atoms with E-state index in [-0.39, 0.29) is 0 Å². The molecule has 15 heavy (non-hydrogen) atoms. The highest BCUT2D eigenvalue weighted by atomic mass is 79.9. The molecule has 0 spiro atoms. The Bertz CT molecular complexity index is 477. The second kappa shape index (κ2) is 4.49. The van der Waals surface area contributed by atoms with Gasteiger partial charge in [0, 0.05) is 11.5 Å². The molecule has 2 aromatic rings. The molecule has 0 aliphatic rings. The third kappa shape index (κ3) is 2.32. The van der Waals surface area contributed by atoms with Crippen molar-refractivity contribution in [3.8, 4) is 5.69 Å². The normalized spacial score (nSPS) is 10.6. The van der Waals surface area contributed by atoms with Crippen LogP contribution in [0.5, 0.6) is 0 Å². The second-order valence-corrected chi connectivity index (χ2v) is 4.82. The van der Waals surface area contributed by atoms with E-state index in [0.29, 0.717) is 0 Å². The quantitative estimate of drug-likeness (QED) is 0.765. The first kappa shape index (κ1) is 10.9. The van der Waals surface area contributed by atoms with Crippen LogP contribution in [0, 0.1) is 6.92 Å². The minimum absolute atomic E-state index is 0.891. The molecule has 0 aliphatic heterocycles. The van der Waals surface area contributed by atoms with Gasteiger partial charge in [-0.2, -0.15) is 5.10 Å². The predicted molar refractivity (Wildman–Crippen MR) is 68.6 cm³/mol. The fraction of sp³-hybridized carbons (Fsp3) is 0.182. The Kier molecular flexibility index (Phi) is 3.26. The van der Waals surface area contributed by atoms with Crippen molar-refractivity contribution in [2.45, 2.75) is 12.3 Å². The Morgan fingerprint density at radius 2 is 2.20 bits per heavy atom. The molecule has 1 heterocycles. The van der Waals surface area contributed by atoms with Crippen LogP contribution in [-0.4, -0.2) is 9.78 Å². The Hall–Kier alpha value is -0.610. The van der Waals surface area contributed by atoms with Gasteiger partial charge in [-0.1, -0.05) is 22.0 Å². The summed E-state index contributed by atoms with van der Waals surface area (Å²) in [4.78, 5) is 0. The van der Waals surface area contributed by atoms with E-state index in [4.69, 9.17) is 0 Å². The van der Waals surface area contributed by atoms with E-state index >= 15 is 0 Å². The summed E-state index contributed by atoms with van der Waals surface area (Å²) in [7, 11) is 0. The van der Waals surface area contributed by atoms with Gasteiger partial charge in [-0.05, 0) is 46.1 Å². The second-order valence-electron chi connectivity index (χ2n) is 3.35. The van der Waals surface area contributed by atoms with Crippen LogP contribution in [0.25, 0.3) is 5.69 Å². The van der Waals surface area contributed by atoms with Crippen molar-refractivity contribution in [2.75, 3.05) is 0 Å². The molecule has 0 saturated carbocycles. The van der Waals surface area contributed by atoms with Crippen molar-refractivity contribution in [2.24, 2.45) is 0 Å². The summed E-state index contributed by atoms with van der Waals surface area (Å²) in [5.74, 6) is 0. The lowest BCUT2D eigenvalue weighted by molar-refractivity contribution is 0.878. The Balaban J connectivity index is 2.42. The average molecular weight is 330 g/mol. The van der Waals surface area contributed by atoms with Crippen LogP contribution in [0.3, 0.4) is 0 Å². The summed E-state index contributed by atoms with van der Waals surface area (Å²) in [6.07, 6.45) is 3.73. The van der Waals surface area contributed by atoms with Gasteiger partial charge in [-0.3, -0.25) is 0 Å². The number of hydrogen-bond donors (Lipinski definition) is 0. The van der Waals surface area contributed by atoms with Gasteiger partial charge in [0.25, 0.3) is 0 Å². The lowest BCUT2D eigenvalue weighted by Gasteiger charge is -2.06. The third-order valence-corrected chi connectivity index (χ3v) is 3.30. The van der Waals surface area contributed by atoms with Gasteiger partial charge in [0.2, 0.25) is 0 Å². The smallest absolute Gasteiger partial charge is 0.0648 e. The van der Waals surface area contributed by atoms with Crippen LogP contribution in [-0.2, 0) is 5.33 Å². The van der Waals surface area contributed by atoms with Crippen LogP contribution in [0.1, 0.15) is 11.1 Å². The van der Waals surface area contributed by atoms with Gasteiger partial charge >= 0.3 is 0 Å². The molecule has 0 unspecified atom stereocenters. The Morgan fingerprint density at radius 1 is 1.40 bits per heavy atom. The topological polar surface area (TPSA) is 17.8 Å². The van der Waals surface area contributed by atoms with Crippen LogP contribution in [0.2, 0.25) is 0 Å². The largest absolute Gasteiger partial charge is 0.240 e. The van der Waals surface area contributed by atoms with Crippen molar-refractivity contribution < 1.29 is 0 Å². The summed E-state index contributed by atoms with van der Waals surface area (Å²) >= 11 is 6.85. The Morgan fingerprint density at radius 3 is 2.73 bits per heavy atom. The molecule has 1 aromatic heterocycles. The van der Waals surface area contributed by atoms with Gasteiger partial charge in [-0.25, -0.2) is 4.68 Å². The molecule has 2 nitrogen and oxygen atoms in total. The summed E-state index contributed by atoms with van der Waals surface area (Å²) in [6.45, 7) is 2.11. The summed E-state index contributed by atoms with van der Waals surface area (Å²) < 4.78 is 2.85. The molecule has 0 bridgehead atoms. The lowest BCUT2D eigenvalue weighted by Crippen LogP contribution is -1.96. The summed E-state index contributed by atoms with van der Waals surface area (Å²) in [5, 5.41) is 5.13. The van der Waals surface area contributed by atoms with Crippen molar-refractivity contribution in [1.29, 1.82) is 0 Å². The summed E-state index contributed by atoms with van der Waals surface area (Å²) in [6, 6.07) is 6.33. The highest BCUT2D eigenvalue weighted by molar-refractivity contribution is 9.10. The first-order valence-corrected chi connectivity index (χ1v) is 6.48. The Labute approximate surface area is 106 Å². The number of benzene rings is 1. The van der Waals surface area contributed by atoms with E-state index < -0.39 is 0 Å². The molecular weight excluding hydrogens is 320 g/mol. The van der Waals surface area contributed by atoms with Crippen molar-refractivity contribution in [3.63, 3.8) is 0 Å². The number of aromatic nitrogens is 2. The van der Waals surface area contributed by atoms with E-state index in [1.165, 1.54) is 11.1 Å². The molecule has 1 aromatic carbocycles. The van der Waals surface area contributed by atoms with Gasteiger partial charge in [0.15, 0.2) is 0 Å². The van der Waals surface area contributed by atoms with E-state index in [1.807, 2.05) is 10.9 Å². The molecule has 78 valence electrons. The fourth-order valence-electron chi connectivity index (χ4n) is 1.41. The van der Waals surface area contributed by atoms with Crippen molar-refractivity contribution >= 4 is 31.9 Å². The van der Waals surface area contributed by atoms with E-state index in [9.17, 15) is 0 Å². The molecule has 0 N–H and O–H groups in total. The zero-order valence-corrected chi connectivity index (χ0v) is 11.4. The SMILES string of the molecule is Cc1cc(-n2cc(Br)cn2)ccc1CBr. The number of rotatable bonds is 2. The number of alkyl halides is 1. The molecule has 0 amide bonds. The molecule has 0 fully saturated rings. The molecule has 4 heteroatoms. The average Bonchev–Trinajstić information content (AvgIpc) is 2.65. The van der Waals surface area contributed by atoms with E-state index in [2.05, 4.69) is 62.1 Å². The molecule has 0 radical (unpaired) electrons. The fourth-order valence-corrected chi connectivity index (χ4v) is 2.33. The van der Waals surface area contributed by atoms with E-state index in [0.717, 1.165) is 15.5 Å². The predicted octanol–water partition coefficient (Wildman–Crippen LogP) is 3.84. The minimum Gasteiger partial charge on any atom is -0.240 e. The lowest BCUT2D eigenvalue weighted by atomic mass is 10.1. The number of aryl methyl sites for hydroxylation is 1. The molecule has 0 saturated heterocycles. The van der Waals surface area contributed by atoms with E-state index in [1.54, 1.807) is 6.20 Å². The third-order valence-electron chi connectivity index (χ3n) is 2.29. The van der Waals surface area contributed by atoms with Crippen LogP contribution in [0.4, 0.5) is 0 Å². The standard InChI is InChI=1S/C11H10Br2N2/c1-8-4-11(3-2-9(8)5-12)15-7-10(13)6-14-15/h2-4,6-7H,5H2,1H3. The van der Waals surface area contributed by atoms with Gasteiger partial charge in [0.05, 0.1) is 16.4 Å². The first-order chi connectivity index (χ1) is 7.20. The van der Waals surface area contributed by atoms with Crippen LogP contribution >= 0.6 is 31.9 Å². The maximum atomic E-state index is 4.24. The number of halogens is 2. The zero-order valence-electron chi connectivity index (χ0n) is 8.24. The molecular formula is C11H10Br2N2. The van der Waals surface area contributed by atoms with Gasteiger partial charge in [0.1, 0.15) is 0 Å².